The maximum absolute atomic E-state index is 12.8. The summed E-state index contributed by atoms with van der Waals surface area (Å²) < 4.78 is 5.48. The number of anilines is 1. The second-order valence-corrected chi connectivity index (χ2v) is 6.94. The SMILES string of the molecule is Cc1ccc(N(Cc2cccs2)C(=O)COc2ccccc2[N+](=O)[O-])cc1. The van der Waals surface area contributed by atoms with Crippen molar-refractivity contribution in [2.75, 3.05) is 11.5 Å². The number of amides is 1. The van der Waals surface area contributed by atoms with Crippen LogP contribution in [-0.2, 0) is 11.3 Å². The Morgan fingerprint density at radius 3 is 2.52 bits per heavy atom. The minimum absolute atomic E-state index is 0.0795. The van der Waals surface area contributed by atoms with Gasteiger partial charge in [-0.15, -0.1) is 11.3 Å². The van der Waals surface area contributed by atoms with Crippen LogP contribution in [0.3, 0.4) is 0 Å². The zero-order valence-corrected chi connectivity index (χ0v) is 15.5. The number of nitro benzene ring substituents is 1. The van der Waals surface area contributed by atoms with Gasteiger partial charge in [0.1, 0.15) is 0 Å². The third-order valence-electron chi connectivity index (χ3n) is 3.95. The molecule has 6 nitrogen and oxygen atoms in total. The molecule has 0 radical (unpaired) electrons. The van der Waals surface area contributed by atoms with Crippen molar-refractivity contribution < 1.29 is 14.5 Å². The fourth-order valence-electron chi connectivity index (χ4n) is 2.55. The van der Waals surface area contributed by atoms with Gasteiger partial charge >= 0.3 is 5.69 Å². The molecule has 138 valence electrons. The van der Waals surface area contributed by atoms with Crippen molar-refractivity contribution in [2.24, 2.45) is 0 Å². The third kappa shape index (κ3) is 4.71. The van der Waals surface area contributed by atoms with Crippen LogP contribution in [0.1, 0.15) is 10.4 Å². The van der Waals surface area contributed by atoms with Gasteiger partial charge in [0.25, 0.3) is 5.91 Å². The first kappa shape index (κ1) is 18.6. The standard InChI is InChI=1S/C20H18N2O4S/c1-15-8-10-16(11-9-15)21(13-17-5-4-12-27-17)20(23)14-26-19-7-3-2-6-18(19)22(24)25/h2-12H,13-14H2,1H3. The third-order valence-corrected chi connectivity index (χ3v) is 4.81. The minimum atomic E-state index is -0.525. The van der Waals surface area contributed by atoms with Crippen molar-refractivity contribution in [3.8, 4) is 5.75 Å². The molecule has 2 aromatic carbocycles. The summed E-state index contributed by atoms with van der Waals surface area (Å²) in [7, 11) is 0. The van der Waals surface area contributed by atoms with Crippen molar-refractivity contribution in [2.45, 2.75) is 13.5 Å². The van der Waals surface area contributed by atoms with Gasteiger partial charge in [0.15, 0.2) is 12.4 Å². The van der Waals surface area contributed by atoms with Gasteiger partial charge in [0.05, 0.1) is 11.5 Å². The summed E-state index contributed by atoms with van der Waals surface area (Å²) in [4.78, 5) is 26.1. The number of ether oxygens (including phenoxy) is 1. The summed E-state index contributed by atoms with van der Waals surface area (Å²) in [6.07, 6.45) is 0. The summed E-state index contributed by atoms with van der Waals surface area (Å²) in [5.74, 6) is -0.193. The molecule has 1 heterocycles. The van der Waals surface area contributed by atoms with Crippen LogP contribution in [0.4, 0.5) is 11.4 Å². The van der Waals surface area contributed by atoms with Crippen LogP contribution in [0.5, 0.6) is 5.75 Å². The van der Waals surface area contributed by atoms with Crippen LogP contribution >= 0.6 is 11.3 Å². The molecule has 0 bridgehead atoms. The van der Waals surface area contributed by atoms with E-state index in [2.05, 4.69) is 0 Å². The van der Waals surface area contributed by atoms with Crippen LogP contribution in [0.25, 0.3) is 0 Å². The lowest BCUT2D eigenvalue weighted by molar-refractivity contribution is -0.385. The highest BCUT2D eigenvalue weighted by Crippen LogP contribution is 2.26. The number of rotatable bonds is 7. The van der Waals surface area contributed by atoms with Crippen LogP contribution < -0.4 is 9.64 Å². The Morgan fingerprint density at radius 1 is 1.11 bits per heavy atom. The van der Waals surface area contributed by atoms with Crippen LogP contribution in [0, 0.1) is 17.0 Å². The highest BCUT2D eigenvalue weighted by atomic mass is 32.1. The molecule has 0 spiro atoms. The number of carbonyl (C=O) groups excluding carboxylic acids is 1. The molecule has 1 aromatic heterocycles. The van der Waals surface area contributed by atoms with E-state index >= 15 is 0 Å². The van der Waals surface area contributed by atoms with Gasteiger partial charge in [0.2, 0.25) is 0 Å². The molecular weight excluding hydrogens is 364 g/mol. The Balaban J connectivity index is 1.79. The van der Waals surface area contributed by atoms with Crippen molar-refractivity contribution in [1.82, 2.24) is 0 Å². The van der Waals surface area contributed by atoms with Gasteiger partial charge in [-0.05, 0) is 36.6 Å². The van der Waals surface area contributed by atoms with Crippen molar-refractivity contribution in [3.63, 3.8) is 0 Å². The van der Waals surface area contributed by atoms with Gasteiger partial charge in [-0.2, -0.15) is 0 Å². The Kier molecular flexibility index (Phi) is 5.83. The molecule has 3 rings (SSSR count). The van der Waals surface area contributed by atoms with E-state index in [1.54, 1.807) is 28.4 Å². The van der Waals surface area contributed by atoms with Gasteiger partial charge in [0, 0.05) is 16.6 Å². The monoisotopic (exact) mass is 382 g/mol. The Bertz CT molecular complexity index is 923. The highest BCUT2D eigenvalue weighted by Gasteiger charge is 2.20. The second kappa shape index (κ2) is 8.46. The van der Waals surface area contributed by atoms with E-state index in [-0.39, 0.29) is 24.0 Å². The summed E-state index contributed by atoms with van der Waals surface area (Å²) in [5.41, 5.74) is 1.69. The number of carbonyl (C=O) groups is 1. The number of nitro groups is 1. The second-order valence-electron chi connectivity index (χ2n) is 5.91. The molecule has 7 heteroatoms. The summed E-state index contributed by atoms with van der Waals surface area (Å²) in [5, 5.41) is 13.1. The normalized spacial score (nSPS) is 10.4. The smallest absolute Gasteiger partial charge is 0.310 e. The number of para-hydroxylation sites is 2. The van der Waals surface area contributed by atoms with E-state index in [1.165, 1.54) is 12.1 Å². The van der Waals surface area contributed by atoms with Crippen molar-refractivity contribution >= 4 is 28.6 Å². The predicted octanol–water partition coefficient (Wildman–Crippen LogP) is 4.58. The first-order valence-electron chi connectivity index (χ1n) is 8.30. The number of nitrogens with zero attached hydrogens (tertiary/aromatic N) is 2. The molecule has 27 heavy (non-hydrogen) atoms. The summed E-state index contributed by atoms with van der Waals surface area (Å²) in [6.45, 7) is 2.11. The fraction of sp³-hybridized carbons (Fsp3) is 0.150. The molecule has 0 saturated carbocycles. The average molecular weight is 382 g/mol. The maximum Gasteiger partial charge on any atom is 0.310 e. The first-order valence-corrected chi connectivity index (χ1v) is 9.18. The lowest BCUT2D eigenvalue weighted by atomic mass is 10.2. The number of benzene rings is 2. The summed E-state index contributed by atoms with van der Waals surface area (Å²) >= 11 is 1.56. The van der Waals surface area contributed by atoms with Gasteiger partial charge < -0.3 is 9.64 Å². The van der Waals surface area contributed by atoms with E-state index in [1.807, 2.05) is 48.7 Å². The molecular formula is C20H18N2O4S. The lowest BCUT2D eigenvalue weighted by Crippen LogP contribution is -2.34. The van der Waals surface area contributed by atoms with Crippen LogP contribution in [0.15, 0.2) is 66.0 Å². The van der Waals surface area contributed by atoms with E-state index in [0.717, 1.165) is 16.1 Å². The highest BCUT2D eigenvalue weighted by molar-refractivity contribution is 7.09. The van der Waals surface area contributed by atoms with E-state index in [4.69, 9.17) is 4.74 Å². The van der Waals surface area contributed by atoms with Crippen molar-refractivity contribution in [3.05, 3.63) is 86.6 Å². The quantitative estimate of drug-likeness (QED) is 0.443. The zero-order valence-electron chi connectivity index (χ0n) is 14.7. The number of thiophene rings is 1. The maximum atomic E-state index is 12.8. The fourth-order valence-corrected chi connectivity index (χ4v) is 3.25. The number of aryl methyl sites for hydroxylation is 1. The molecule has 0 atom stereocenters. The van der Waals surface area contributed by atoms with Gasteiger partial charge in [-0.25, -0.2) is 0 Å². The Morgan fingerprint density at radius 2 is 1.85 bits per heavy atom. The lowest BCUT2D eigenvalue weighted by Gasteiger charge is -2.22. The van der Waals surface area contributed by atoms with Crippen molar-refractivity contribution in [1.29, 1.82) is 0 Å². The van der Waals surface area contributed by atoms with E-state index in [9.17, 15) is 14.9 Å². The van der Waals surface area contributed by atoms with Gasteiger partial charge in [-0.3, -0.25) is 14.9 Å². The van der Waals surface area contributed by atoms with Gasteiger partial charge in [-0.1, -0.05) is 35.9 Å². The first-order chi connectivity index (χ1) is 13.0. The number of hydrogen-bond donors (Lipinski definition) is 0. The molecule has 0 aliphatic heterocycles. The van der Waals surface area contributed by atoms with E-state index in [0.29, 0.717) is 6.54 Å². The van der Waals surface area contributed by atoms with E-state index < -0.39 is 4.92 Å². The molecule has 3 aromatic rings. The molecule has 0 aliphatic carbocycles. The van der Waals surface area contributed by atoms with Crippen LogP contribution in [-0.4, -0.2) is 17.4 Å². The van der Waals surface area contributed by atoms with Crippen LogP contribution in [0.2, 0.25) is 0 Å². The minimum Gasteiger partial charge on any atom is -0.477 e. The topological polar surface area (TPSA) is 72.7 Å². The molecule has 0 aliphatic rings. The Hall–Kier alpha value is -3.19. The zero-order chi connectivity index (χ0) is 19.2. The molecule has 0 fully saturated rings. The molecule has 0 N–H and O–H groups in total. The largest absolute Gasteiger partial charge is 0.477 e. The Labute approximate surface area is 160 Å². The molecule has 0 saturated heterocycles. The number of hydrogen-bond acceptors (Lipinski definition) is 5. The predicted molar refractivity (Wildman–Crippen MR) is 105 cm³/mol. The molecule has 1 amide bonds. The average Bonchev–Trinajstić information content (AvgIpc) is 3.18. The molecule has 0 unspecified atom stereocenters. The summed E-state index contributed by atoms with van der Waals surface area (Å²) in [6, 6.07) is 17.6.